The van der Waals surface area contributed by atoms with E-state index in [1.165, 1.54) is 5.56 Å². The minimum absolute atomic E-state index is 0.000441. The van der Waals surface area contributed by atoms with Crippen molar-refractivity contribution in [1.82, 2.24) is 5.32 Å². The van der Waals surface area contributed by atoms with Gasteiger partial charge in [0.2, 0.25) is 5.91 Å². The number of amides is 1. The minimum atomic E-state index is -0.000441. The number of carbonyl (C=O) groups excluding carboxylic acids is 1. The topological polar surface area (TPSA) is 52.9 Å². The number of hydrogen-bond acceptors (Lipinski definition) is 2. The summed E-state index contributed by atoms with van der Waals surface area (Å²) in [4.78, 5) is 12.0. The van der Waals surface area contributed by atoms with Crippen LogP contribution in [0.4, 0.5) is 0 Å². The molecule has 0 heterocycles. The predicted octanol–water partition coefficient (Wildman–Crippen LogP) is 2.60. The molecule has 1 N–H and O–H groups in total. The molecule has 3 unspecified atom stereocenters. The quantitative estimate of drug-likeness (QED) is 0.862. The van der Waals surface area contributed by atoms with Crippen LogP contribution in [0.5, 0.6) is 0 Å². The smallest absolute Gasteiger partial charge is 0.223 e. The Hall–Kier alpha value is -1.82. The molecule has 1 aliphatic rings. The van der Waals surface area contributed by atoms with E-state index in [1.807, 2.05) is 25.1 Å². The molecule has 0 radical (unpaired) electrons. The first kappa shape index (κ1) is 12.6. The van der Waals surface area contributed by atoms with Crippen molar-refractivity contribution in [2.75, 3.05) is 0 Å². The van der Waals surface area contributed by atoms with Crippen LogP contribution < -0.4 is 5.32 Å². The van der Waals surface area contributed by atoms with Gasteiger partial charge in [0, 0.05) is 12.0 Å². The van der Waals surface area contributed by atoms with Crippen LogP contribution in [-0.2, 0) is 4.79 Å². The van der Waals surface area contributed by atoms with Gasteiger partial charge in [-0.3, -0.25) is 4.79 Å². The molecule has 94 valence electrons. The monoisotopic (exact) mass is 242 g/mol. The summed E-state index contributed by atoms with van der Waals surface area (Å²) < 4.78 is 0. The maximum atomic E-state index is 12.0. The largest absolute Gasteiger partial charge is 0.352 e. The molecule has 18 heavy (non-hydrogen) atoms. The van der Waals surface area contributed by atoms with E-state index >= 15 is 0 Å². The summed E-state index contributed by atoms with van der Waals surface area (Å²) in [5.41, 5.74) is 1.24. The van der Waals surface area contributed by atoms with E-state index in [9.17, 15) is 4.79 Å². The van der Waals surface area contributed by atoms with Gasteiger partial charge in [0.25, 0.3) is 0 Å². The van der Waals surface area contributed by atoms with Gasteiger partial charge in [0.15, 0.2) is 0 Å². The maximum absolute atomic E-state index is 12.0. The lowest BCUT2D eigenvalue weighted by atomic mass is 10.1. The van der Waals surface area contributed by atoms with Crippen molar-refractivity contribution >= 4 is 5.91 Å². The van der Waals surface area contributed by atoms with Crippen LogP contribution in [-0.4, -0.2) is 11.9 Å². The number of nitrogens with one attached hydrogen (secondary N) is 1. The molecule has 1 aromatic carbocycles. The van der Waals surface area contributed by atoms with Gasteiger partial charge in [-0.1, -0.05) is 37.3 Å². The van der Waals surface area contributed by atoms with E-state index in [4.69, 9.17) is 5.26 Å². The molecular formula is C15H18N2O. The fraction of sp³-hybridized carbons (Fsp3) is 0.467. The Morgan fingerprint density at radius 3 is 2.83 bits per heavy atom. The molecule has 3 nitrogen and oxygen atoms in total. The van der Waals surface area contributed by atoms with Gasteiger partial charge in [0.05, 0.1) is 12.5 Å². The Morgan fingerprint density at radius 1 is 1.50 bits per heavy atom. The summed E-state index contributed by atoms with van der Waals surface area (Å²) in [7, 11) is 0. The third-order valence-corrected chi connectivity index (χ3v) is 3.53. The number of nitrogens with zero attached hydrogens (tertiary/aromatic N) is 1. The average Bonchev–Trinajstić information content (AvgIpc) is 3.19. The number of nitriles is 1. The summed E-state index contributed by atoms with van der Waals surface area (Å²) in [6, 6.07) is 12.3. The summed E-state index contributed by atoms with van der Waals surface area (Å²) in [5, 5.41) is 11.6. The van der Waals surface area contributed by atoms with Crippen molar-refractivity contribution in [1.29, 1.82) is 5.26 Å². The first-order chi connectivity index (χ1) is 8.76. The lowest BCUT2D eigenvalue weighted by molar-refractivity contribution is -0.123. The SMILES string of the molecule is CCC(CC#N)NC(=O)C1CC1c1ccccc1. The molecule has 0 aliphatic heterocycles. The molecule has 1 aliphatic carbocycles. The molecule has 3 heteroatoms. The molecule has 1 aromatic rings. The molecule has 1 amide bonds. The number of carbonyl (C=O) groups is 1. The fourth-order valence-electron chi connectivity index (χ4n) is 2.27. The van der Waals surface area contributed by atoms with Gasteiger partial charge < -0.3 is 5.32 Å². The highest BCUT2D eigenvalue weighted by Gasteiger charge is 2.44. The van der Waals surface area contributed by atoms with E-state index in [1.54, 1.807) is 0 Å². The van der Waals surface area contributed by atoms with Crippen molar-refractivity contribution < 1.29 is 4.79 Å². The second kappa shape index (κ2) is 5.68. The summed E-state index contributed by atoms with van der Waals surface area (Å²) in [6.07, 6.45) is 2.13. The van der Waals surface area contributed by atoms with Gasteiger partial charge in [-0.15, -0.1) is 0 Å². The second-order valence-corrected chi connectivity index (χ2v) is 4.84. The number of benzene rings is 1. The minimum Gasteiger partial charge on any atom is -0.352 e. The number of hydrogen-bond donors (Lipinski definition) is 1. The van der Waals surface area contributed by atoms with E-state index in [0.717, 1.165) is 12.8 Å². The Morgan fingerprint density at radius 2 is 2.22 bits per heavy atom. The van der Waals surface area contributed by atoms with Crippen LogP contribution in [0, 0.1) is 17.2 Å². The van der Waals surface area contributed by atoms with Crippen molar-refractivity contribution in [2.45, 2.75) is 38.1 Å². The third-order valence-electron chi connectivity index (χ3n) is 3.53. The molecule has 1 saturated carbocycles. The Kier molecular flexibility index (Phi) is 3.99. The molecular weight excluding hydrogens is 224 g/mol. The van der Waals surface area contributed by atoms with Crippen molar-refractivity contribution in [2.24, 2.45) is 5.92 Å². The zero-order valence-corrected chi connectivity index (χ0v) is 10.6. The summed E-state index contributed by atoms with van der Waals surface area (Å²) in [6.45, 7) is 1.99. The van der Waals surface area contributed by atoms with Gasteiger partial charge in [0.1, 0.15) is 0 Å². The molecule has 0 aromatic heterocycles. The Balaban J connectivity index is 1.88. The lowest BCUT2D eigenvalue weighted by Gasteiger charge is -2.13. The molecule has 2 rings (SSSR count). The number of rotatable bonds is 5. The Labute approximate surface area is 108 Å². The van der Waals surface area contributed by atoms with Gasteiger partial charge in [-0.25, -0.2) is 0 Å². The van der Waals surface area contributed by atoms with Crippen LogP contribution in [0.2, 0.25) is 0 Å². The molecule has 0 saturated heterocycles. The van der Waals surface area contributed by atoms with Crippen molar-refractivity contribution in [3.05, 3.63) is 35.9 Å². The highest BCUT2D eigenvalue weighted by Crippen LogP contribution is 2.47. The van der Waals surface area contributed by atoms with Crippen LogP contribution in [0.1, 0.15) is 37.7 Å². The normalized spacial score (nSPS) is 22.9. The highest BCUT2D eigenvalue weighted by atomic mass is 16.2. The first-order valence-electron chi connectivity index (χ1n) is 6.48. The maximum Gasteiger partial charge on any atom is 0.223 e. The Bertz CT molecular complexity index is 449. The molecule has 0 bridgehead atoms. The van der Waals surface area contributed by atoms with Gasteiger partial charge in [-0.2, -0.15) is 5.26 Å². The third kappa shape index (κ3) is 2.89. The predicted molar refractivity (Wildman–Crippen MR) is 69.7 cm³/mol. The van der Waals surface area contributed by atoms with Crippen LogP contribution >= 0.6 is 0 Å². The summed E-state index contributed by atoms with van der Waals surface area (Å²) in [5.74, 6) is 0.567. The molecule has 1 fully saturated rings. The molecule has 3 atom stereocenters. The van der Waals surface area contributed by atoms with Crippen molar-refractivity contribution in [3.63, 3.8) is 0 Å². The van der Waals surface area contributed by atoms with Gasteiger partial charge >= 0.3 is 0 Å². The first-order valence-corrected chi connectivity index (χ1v) is 6.48. The standard InChI is InChI=1S/C15H18N2O/c1-2-12(8-9-16)17-15(18)14-10-13(14)11-6-4-3-5-7-11/h3-7,12-14H,2,8,10H2,1H3,(H,17,18). The van der Waals surface area contributed by atoms with Crippen LogP contribution in [0.3, 0.4) is 0 Å². The van der Waals surface area contributed by atoms with E-state index < -0.39 is 0 Å². The lowest BCUT2D eigenvalue weighted by Crippen LogP contribution is -2.35. The van der Waals surface area contributed by atoms with E-state index in [0.29, 0.717) is 12.3 Å². The highest BCUT2D eigenvalue weighted by molar-refractivity contribution is 5.83. The second-order valence-electron chi connectivity index (χ2n) is 4.84. The van der Waals surface area contributed by atoms with Crippen LogP contribution in [0.15, 0.2) is 30.3 Å². The van der Waals surface area contributed by atoms with Crippen LogP contribution in [0.25, 0.3) is 0 Å². The zero-order chi connectivity index (χ0) is 13.0. The van der Waals surface area contributed by atoms with Crippen molar-refractivity contribution in [3.8, 4) is 6.07 Å². The van der Waals surface area contributed by atoms with E-state index in [-0.39, 0.29) is 17.9 Å². The fourth-order valence-corrected chi connectivity index (χ4v) is 2.27. The van der Waals surface area contributed by atoms with E-state index in [2.05, 4.69) is 23.5 Å². The molecule has 0 spiro atoms. The zero-order valence-electron chi connectivity index (χ0n) is 10.6. The average molecular weight is 242 g/mol. The van der Waals surface area contributed by atoms with Gasteiger partial charge in [-0.05, 0) is 24.3 Å². The summed E-state index contributed by atoms with van der Waals surface area (Å²) >= 11 is 0.